The molecule has 6 nitrogen and oxygen atoms in total. The van der Waals surface area contributed by atoms with Crippen LogP contribution in [0.4, 0.5) is 5.95 Å². The normalized spacial score (nSPS) is 22.3. The summed E-state index contributed by atoms with van der Waals surface area (Å²) in [5.41, 5.74) is 0.0105. The fourth-order valence-electron chi connectivity index (χ4n) is 3.46. The van der Waals surface area contributed by atoms with Gasteiger partial charge in [0.2, 0.25) is 5.95 Å². The molecule has 0 unspecified atom stereocenters. The topological polar surface area (TPSA) is 66.1 Å². The summed E-state index contributed by atoms with van der Waals surface area (Å²) in [6, 6.07) is 0. The maximum Gasteiger partial charge on any atom is 0.244 e. The molecular weight excluding hydrogens is 266 g/mol. The molecule has 0 aromatic carbocycles. The highest BCUT2D eigenvalue weighted by atomic mass is 16.5. The molecule has 1 saturated heterocycles. The molecule has 2 fully saturated rings. The van der Waals surface area contributed by atoms with Crippen molar-refractivity contribution in [3.05, 3.63) is 5.82 Å². The van der Waals surface area contributed by atoms with Gasteiger partial charge in [0, 0.05) is 26.6 Å². The van der Waals surface area contributed by atoms with Gasteiger partial charge in [0.1, 0.15) is 5.82 Å². The van der Waals surface area contributed by atoms with Crippen LogP contribution in [-0.2, 0) is 11.2 Å². The van der Waals surface area contributed by atoms with Gasteiger partial charge in [-0.3, -0.25) is 5.10 Å². The molecule has 2 aliphatic rings. The third-order valence-electron chi connectivity index (χ3n) is 5.10. The predicted molar refractivity (Wildman–Crippen MR) is 82.5 cm³/mol. The number of H-pyrrole nitrogens is 1. The Labute approximate surface area is 126 Å². The van der Waals surface area contributed by atoms with Crippen LogP contribution < -0.4 is 10.2 Å². The van der Waals surface area contributed by atoms with Gasteiger partial charge in [-0.2, -0.15) is 4.98 Å². The van der Waals surface area contributed by atoms with Crippen molar-refractivity contribution in [3.8, 4) is 0 Å². The van der Waals surface area contributed by atoms with Gasteiger partial charge in [-0.05, 0) is 51.6 Å². The second-order valence-electron chi connectivity index (χ2n) is 6.49. The zero-order valence-electron chi connectivity index (χ0n) is 13.2. The van der Waals surface area contributed by atoms with E-state index in [4.69, 9.17) is 4.74 Å². The van der Waals surface area contributed by atoms with Crippen LogP contribution in [0.5, 0.6) is 0 Å². The number of ether oxygens (including phenoxy) is 1. The van der Waals surface area contributed by atoms with E-state index in [9.17, 15) is 0 Å². The van der Waals surface area contributed by atoms with Crippen molar-refractivity contribution in [2.75, 3.05) is 38.7 Å². The summed E-state index contributed by atoms with van der Waals surface area (Å²) in [5, 5.41) is 10.8. The smallest absolute Gasteiger partial charge is 0.244 e. The highest BCUT2D eigenvalue weighted by molar-refractivity contribution is 5.29. The van der Waals surface area contributed by atoms with Crippen molar-refractivity contribution >= 4 is 5.95 Å². The molecule has 1 aliphatic carbocycles. The zero-order chi connectivity index (χ0) is 14.7. The fraction of sp³-hybridized carbons (Fsp3) is 0.867. The first-order valence-electron chi connectivity index (χ1n) is 8.11. The first-order valence-corrected chi connectivity index (χ1v) is 8.11. The second kappa shape index (κ2) is 6.32. The van der Waals surface area contributed by atoms with Gasteiger partial charge in [0.25, 0.3) is 0 Å². The molecule has 2 N–H and O–H groups in total. The van der Waals surface area contributed by atoms with Gasteiger partial charge < -0.3 is 15.0 Å². The number of piperidine rings is 1. The van der Waals surface area contributed by atoms with Crippen molar-refractivity contribution in [2.24, 2.45) is 5.92 Å². The van der Waals surface area contributed by atoms with Crippen molar-refractivity contribution in [3.63, 3.8) is 0 Å². The van der Waals surface area contributed by atoms with Gasteiger partial charge in [-0.1, -0.05) is 0 Å². The lowest BCUT2D eigenvalue weighted by Gasteiger charge is -2.39. The fourth-order valence-corrected chi connectivity index (χ4v) is 3.46. The first-order chi connectivity index (χ1) is 10.2. The quantitative estimate of drug-likeness (QED) is 0.829. The summed E-state index contributed by atoms with van der Waals surface area (Å²) in [5.74, 6) is 2.61. The second-order valence-corrected chi connectivity index (χ2v) is 6.49. The zero-order valence-corrected chi connectivity index (χ0v) is 13.2. The molecule has 21 heavy (non-hydrogen) atoms. The number of hydrogen-bond donors (Lipinski definition) is 2. The lowest BCUT2D eigenvalue weighted by molar-refractivity contribution is -0.0720. The lowest BCUT2D eigenvalue weighted by Crippen LogP contribution is -2.41. The van der Waals surface area contributed by atoms with Crippen LogP contribution in [0.2, 0.25) is 0 Å². The molecule has 0 spiro atoms. The summed E-state index contributed by atoms with van der Waals surface area (Å²) < 4.78 is 5.67. The SMILES string of the molecule is CNCC1CCN(c2n[nH]c(CC3(OC)CCC3)n2)CC1. The molecule has 1 aromatic rings. The van der Waals surface area contributed by atoms with E-state index >= 15 is 0 Å². The number of rotatable bonds is 6. The number of nitrogens with zero attached hydrogens (tertiary/aromatic N) is 3. The third-order valence-corrected chi connectivity index (χ3v) is 5.10. The van der Waals surface area contributed by atoms with Gasteiger partial charge >= 0.3 is 0 Å². The number of methoxy groups -OCH3 is 1. The standard InChI is InChI=1S/C15H27N5O/c1-16-11-12-4-8-20(9-5-12)14-17-13(18-19-14)10-15(21-2)6-3-7-15/h12,16H,3-11H2,1-2H3,(H,17,18,19). The average Bonchev–Trinajstić information content (AvgIpc) is 2.92. The van der Waals surface area contributed by atoms with E-state index in [0.29, 0.717) is 0 Å². The Kier molecular flexibility index (Phi) is 4.45. The molecule has 3 rings (SSSR count). The minimum absolute atomic E-state index is 0.0105. The van der Waals surface area contributed by atoms with Crippen molar-refractivity contribution in [2.45, 2.75) is 44.1 Å². The van der Waals surface area contributed by atoms with Crippen LogP contribution >= 0.6 is 0 Å². The number of hydrogen-bond acceptors (Lipinski definition) is 5. The molecule has 2 heterocycles. The highest BCUT2D eigenvalue weighted by Gasteiger charge is 2.38. The van der Waals surface area contributed by atoms with Gasteiger partial charge in [-0.25, -0.2) is 0 Å². The Morgan fingerprint density at radius 3 is 2.71 bits per heavy atom. The minimum atomic E-state index is 0.0105. The van der Waals surface area contributed by atoms with Crippen molar-refractivity contribution in [1.29, 1.82) is 0 Å². The summed E-state index contributed by atoms with van der Waals surface area (Å²) in [7, 11) is 3.84. The van der Waals surface area contributed by atoms with Gasteiger partial charge in [0.15, 0.2) is 0 Å². The van der Waals surface area contributed by atoms with Gasteiger partial charge in [0.05, 0.1) is 5.60 Å². The van der Waals surface area contributed by atoms with E-state index in [-0.39, 0.29) is 5.60 Å². The Balaban J connectivity index is 1.56. The lowest BCUT2D eigenvalue weighted by atomic mass is 9.77. The van der Waals surface area contributed by atoms with Crippen LogP contribution in [-0.4, -0.2) is 54.6 Å². The number of aromatic nitrogens is 3. The largest absolute Gasteiger partial charge is 0.378 e. The molecule has 0 atom stereocenters. The maximum atomic E-state index is 5.67. The average molecular weight is 293 g/mol. The maximum absolute atomic E-state index is 5.67. The molecule has 118 valence electrons. The molecule has 1 aliphatic heterocycles. The summed E-state index contributed by atoms with van der Waals surface area (Å²) in [6.07, 6.45) is 6.81. The molecule has 0 radical (unpaired) electrons. The monoisotopic (exact) mass is 293 g/mol. The number of anilines is 1. The van der Waals surface area contributed by atoms with Crippen LogP contribution in [0.3, 0.4) is 0 Å². The minimum Gasteiger partial charge on any atom is -0.378 e. The molecule has 1 aromatic heterocycles. The highest BCUT2D eigenvalue weighted by Crippen LogP contribution is 2.37. The van der Waals surface area contributed by atoms with E-state index in [2.05, 4.69) is 25.4 Å². The number of aromatic amines is 1. The molecule has 0 bridgehead atoms. The molecular formula is C15H27N5O. The summed E-state index contributed by atoms with van der Waals surface area (Å²) >= 11 is 0. The van der Waals surface area contributed by atoms with E-state index in [1.165, 1.54) is 19.3 Å². The molecule has 1 saturated carbocycles. The van der Waals surface area contributed by atoms with E-state index in [1.807, 2.05) is 14.2 Å². The van der Waals surface area contributed by atoms with Crippen LogP contribution in [0.1, 0.15) is 37.9 Å². The third kappa shape index (κ3) is 3.21. The number of nitrogens with one attached hydrogen (secondary N) is 2. The van der Waals surface area contributed by atoms with Crippen LogP contribution in [0.25, 0.3) is 0 Å². The first kappa shape index (κ1) is 14.8. The Hall–Kier alpha value is -1.14. The Morgan fingerprint density at radius 1 is 1.38 bits per heavy atom. The summed E-state index contributed by atoms with van der Waals surface area (Å²) in [6.45, 7) is 3.22. The van der Waals surface area contributed by atoms with E-state index in [1.54, 1.807) is 0 Å². The Bertz CT molecular complexity index is 443. The van der Waals surface area contributed by atoms with E-state index < -0.39 is 0 Å². The van der Waals surface area contributed by atoms with E-state index in [0.717, 1.165) is 56.6 Å². The molecule has 6 heteroatoms. The van der Waals surface area contributed by atoms with Gasteiger partial charge in [-0.15, -0.1) is 5.10 Å². The summed E-state index contributed by atoms with van der Waals surface area (Å²) in [4.78, 5) is 6.98. The van der Waals surface area contributed by atoms with Crippen molar-refractivity contribution in [1.82, 2.24) is 20.5 Å². The Morgan fingerprint density at radius 2 is 2.14 bits per heavy atom. The van der Waals surface area contributed by atoms with Crippen molar-refractivity contribution < 1.29 is 4.74 Å². The molecule has 0 amide bonds. The predicted octanol–water partition coefficient (Wildman–Crippen LogP) is 1.35. The van der Waals surface area contributed by atoms with Crippen LogP contribution in [0, 0.1) is 5.92 Å². The van der Waals surface area contributed by atoms with Crippen LogP contribution in [0.15, 0.2) is 0 Å².